The number of aromatic nitrogens is 1. The first-order chi connectivity index (χ1) is 11.4. The highest BCUT2D eigenvalue weighted by molar-refractivity contribution is 7.99. The zero-order valence-electron chi connectivity index (χ0n) is 12.5. The van der Waals surface area contributed by atoms with E-state index < -0.39 is 0 Å². The van der Waals surface area contributed by atoms with Crippen molar-refractivity contribution in [3.8, 4) is 0 Å². The van der Waals surface area contributed by atoms with E-state index >= 15 is 0 Å². The van der Waals surface area contributed by atoms with Crippen LogP contribution in [0.25, 0.3) is 10.9 Å². The van der Waals surface area contributed by atoms with Crippen LogP contribution in [0.5, 0.6) is 0 Å². The van der Waals surface area contributed by atoms with Gasteiger partial charge >= 0.3 is 0 Å². The highest BCUT2D eigenvalue weighted by Gasteiger charge is 2.28. The van der Waals surface area contributed by atoms with Crippen LogP contribution in [0.2, 0.25) is 0 Å². The van der Waals surface area contributed by atoms with Gasteiger partial charge < -0.3 is 4.98 Å². The molecule has 1 aliphatic rings. The molecule has 1 aliphatic heterocycles. The fourth-order valence-corrected chi connectivity index (χ4v) is 4.72. The van der Waals surface area contributed by atoms with E-state index in [1.165, 1.54) is 37.4 Å². The molecule has 2 heterocycles. The fourth-order valence-electron chi connectivity index (χ4n) is 3.58. The van der Waals surface area contributed by atoms with Crippen LogP contribution in [0.1, 0.15) is 22.6 Å². The Balaban J connectivity index is 1.82. The van der Waals surface area contributed by atoms with Gasteiger partial charge in [0.25, 0.3) is 0 Å². The van der Waals surface area contributed by atoms with Gasteiger partial charge in [-0.15, -0.1) is 0 Å². The van der Waals surface area contributed by atoms with E-state index in [2.05, 4.69) is 84.0 Å². The van der Waals surface area contributed by atoms with Crippen LogP contribution in [0.15, 0.2) is 88.8 Å². The van der Waals surface area contributed by atoms with Crippen LogP contribution in [0.4, 0.5) is 0 Å². The van der Waals surface area contributed by atoms with Gasteiger partial charge in [-0.05, 0) is 34.9 Å². The summed E-state index contributed by atoms with van der Waals surface area (Å²) in [5.74, 6) is 0.291. The highest BCUT2D eigenvalue weighted by Crippen LogP contribution is 2.49. The van der Waals surface area contributed by atoms with Crippen LogP contribution in [-0.4, -0.2) is 4.98 Å². The number of nitrogens with one attached hydrogen (secondary N) is 1. The zero-order chi connectivity index (χ0) is 15.2. The molecule has 5 rings (SSSR count). The maximum absolute atomic E-state index is 3.44. The van der Waals surface area contributed by atoms with E-state index in [4.69, 9.17) is 0 Å². The van der Waals surface area contributed by atoms with E-state index in [0.717, 1.165) is 0 Å². The largest absolute Gasteiger partial charge is 0.361 e. The molecular formula is C21H15NS. The average molecular weight is 313 g/mol. The fraction of sp³-hybridized carbons (Fsp3) is 0.0476. The van der Waals surface area contributed by atoms with Crippen molar-refractivity contribution in [3.63, 3.8) is 0 Å². The minimum absolute atomic E-state index is 0.291. The summed E-state index contributed by atoms with van der Waals surface area (Å²) in [5, 5.41) is 1.31. The van der Waals surface area contributed by atoms with Gasteiger partial charge in [0.2, 0.25) is 0 Å². The number of benzene rings is 3. The first kappa shape index (κ1) is 13.0. The minimum Gasteiger partial charge on any atom is -0.361 e. The summed E-state index contributed by atoms with van der Waals surface area (Å²) in [6.45, 7) is 0. The molecule has 0 saturated carbocycles. The summed E-state index contributed by atoms with van der Waals surface area (Å²) in [6.07, 6.45) is 2.18. The maximum atomic E-state index is 3.44. The van der Waals surface area contributed by atoms with Gasteiger partial charge in [-0.25, -0.2) is 0 Å². The zero-order valence-corrected chi connectivity index (χ0v) is 13.3. The molecule has 0 unspecified atom stereocenters. The Labute approximate surface area is 139 Å². The summed E-state index contributed by atoms with van der Waals surface area (Å²) in [7, 11) is 0. The summed E-state index contributed by atoms with van der Waals surface area (Å²) in [6, 6.07) is 26.1. The lowest BCUT2D eigenvalue weighted by Crippen LogP contribution is -2.09. The lowest BCUT2D eigenvalue weighted by atomic mass is 9.84. The number of aromatic amines is 1. The number of para-hydroxylation sites is 1. The second kappa shape index (κ2) is 5.04. The van der Waals surface area contributed by atoms with Crippen molar-refractivity contribution < 1.29 is 0 Å². The molecule has 0 fully saturated rings. The molecule has 23 heavy (non-hydrogen) atoms. The standard InChI is InChI=1S/C21H15NS/c1-4-10-18-14(7-1)17(13-22-18)21-15-8-2-5-11-19(15)23-20-12-6-3-9-16(20)21/h1-13,21-22H. The molecule has 2 heteroatoms. The lowest BCUT2D eigenvalue weighted by Gasteiger charge is -2.27. The Hall–Kier alpha value is -2.45. The van der Waals surface area contributed by atoms with Gasteiger partial charge in [0.05, 0.1) is 0 Å². The number of fused-ring (bicyclic) bond motifs is 3. The van der Waals surface area contributed by atoms with Crippen molar-refractivity contribution in [1.29, 1.82) is 0 Å². The van der Waals surface area contributed by atoms with Gasteiger partial charge in [-0.3, -0.25) is 0 Å². The van der Waals surface area contributed by atoms with Crippen molar-refractivity contribution in [2.75, 3.05) is 0 Å². The number of H-pyrrole nitrogens is 1. The van der Waals surface area contributed by atoms with Crippen LogP contribution in [0, 0.1) is 0 Å². The van der Waals surface area contributed by atoms with Crippen LogP contribution < -0.4 is 0 Å². The average Bonchev–Trinajstić information content (AvgIpc) is 3.03. The normalized spacial score (nSPS) is 13.7. The third kappa shape index (κ3) is 1.95. The Morgan fingerprint density at radius 3 is 2.00 bits per heavy atom. The number of rotatable bonds is 1. The van der Waals surface area contributed by atoms with Crippen molar-refractivity contribution in [3.05, 3.63) is 95.7 Å². The van der Waals surface area contributed by atoms with Crippen LogP contribution in [0.3, 0.4) is 0 Å². The van der Waals surface area contributed by atoms with E-state index in [1.54, 1.807) is 0 Å². The lowest BCUT2D eigenvalue weighted by molar-refractivity contribution is 0.909. The maximum Gasteiger partial charge on any atom is 0.0457 e. The minimum atomic E-state index is 0.291. The molecule has 3 aromatic carbocycles. The molecular weight excluding hydrogens is 298 g/mol. The topological polar surface area (TPSA) is 15.8 Å². The van der Waals surface area contributed by atoms with Gasteiger partial charge in [-0.2, -0.15) is 0 Å². The Morgan fingerprint density at radius 2 is 1.26 bits per heavy atom. The van der Waals surface area contributed by atoms with E-state index in [0.29, 0.717) is 5.92 Å². The highest BCUT2D eigenvalue weighted by atomic mass is 32.2. The second-order valence-corrected chi connectivity index (χ2v) is 6.98. The van der Waals surface area contributed by atoms with E-state index in [1.807, 2.05) is 11.8 Å². The Bertz CT molecular complexity index is 969. The molecule has 110 valence electrons. The molecule has 0 atom stereocenters. The summed E-state index contributed by atoms with van der Waals surface area (Å²) in [5.41, 5.74) is 5.37. The van der Waals surface area contributed by atoms with E-state index in [-0.39, 0.29) is 0 Å². The van der Waals surface area contributed by atoms with Crippen molar-refractivity contribution in [2.45, 2.75) is 15.7 Å². The van der Waals surface area contributed by atoms with E-state index in [9.17, 15) is 0 Å². The first-order valence-electron chi connectivity index (χ1n) is 7.83. The molecule has 0 spiro atoms. The van der Waals surface area contributed by atoms with Gasteiger partial charge in [0.1, 0.15) is 0 Å². The molecule has 0 saturated heterocycles. The summed E-state index contributed by atoms with van der Waals surface area (Å²) < 4.78 is 0. The molecule has 4 aromatic rings. The van der Waals surface area contributed by atoms with Crippen molar-refractivity contribution >= 4 is 22.7 Å². The molecule has 0 bridgehead atoms. The van der Waals surface area contributed by atoms with Crippen molar-refractivity contribution in [1.82, 2.24) is 4.98 Å². The van der Waals surface area contributed by atoms with Crippen LogP contribution in [-0.2, 0) is 0 Å². The third-order valence-corrected chi connectivity index (χ3v) is 5.80. The Kier molecular flexibility index (Phi) is 2.85. The Morgan fingerprint density at radius 1 is 0.652 bits per heavy atom. The van der Waals surface area contributed by atoms with Gasteiger partial charge in [0.15, 0.2) is 0 Å². The van der Waals surface area contributed by atoms with Gasteiger partial charge in [0, 0.05) is 32.8 Å². The van der Waals surface area contributed by atoms with Gasteiger partial charge in [-0.1, -0.05) is 66.4 Å². The second-order valence-electron chi connectivity index (χ2n) is 5.90. The first-order valence-corrected chi connectivity index (χ1v) is 8.65. The number of hydrogen-bond donors (Lipinski definition) is 1. The molecule has 1 nitrogen and oxygen atoms in total. The number of hydrogen-bond acceptors (Lipinski definition) is 1. The van der Waals surface area contributed by atoms with Crippen molar-refractivity contribution in [2.24, 2.45) is 0 Å². The monoisotopic (exact) mass is 313 g/mol. The quantitative estimate of drug-likeness (QED) is 0.413. The predicted octanol–water partition coefficient (Wildman–Crippen LogP) is 5.81. The smallest absolute Gasteiger partial charge is 0.0457 e. The summed E-state index contributed by atoms with van der Waals surface area (Å²) in [4.78, 5) is 6.17. The molecule has 0 amide bonds. The SMILES string of the molecule is c1ccc2c(c1)Sc1ccccc1C2c1c[nH]c2ccccc12. The summed E-state index contributed by atoms with van der Waals surface area (Å²) >= 11 is 1.88. The third-order valence-electron chi connectivity index (χ3n) is 4.61. The molecule has 1 N–H and O–H groups in total. The van der Waals surface area contributed by atoms with Crippen LogP contribution >= 0.6 is 11.8 Å². The predicted molar refractivity (Wildman–Crippen MR) is 96.3 cm³/mol. The molecule has 0 radical (unpaired) electrons. The molecule has 1 aromatic heterocycles. The molecule has 0 aliphatic carbocycles.